The lowest BCUT2D eigenvalue weighted by Gasteiger charge is -1.91. The maximum absolute atomic E-state index is 5.54. The van der Waals surface area contributed by atoms with Crippen LogP contribution in [0.15, 0.2) is 12.3 Å². The van der Waals surface area contributed by atoms with Gasteiger partial charge in [0.2, 0.25) is 0 Å². The number of nitrogens with zero attached hydrogens (tertiary/aromatic N) is 2. The van der Waals surface area contributed by atoms with E-state index >= 15 is 0 Å². The topological polar surface area (TPSA) is 67.6 Å². The molecule has 0 radical (unpaired) electrons. The summed E-state index contributed by atoms with van der Waals surface area (Å²) in [5.74, 6) is 0.462. The van der Waals surface area contributed by atoms with E-state index in [1.165, 1.54) is 0 Å². The highest BCUT2D eigenvalue weighted by molar-refractivity contribution is 5.86. The van der Waals surface area contributed by atoms with Gasteiger partial charge in [-0.25, -0.2) is 0 Å². The molecule has 2 rings (SSSR count). The molecule has 4 heteroatoms. The second-order valence-corrected chi connectivity index (χ2v) is 2.46. The number of nitrogens with two attached hydrogens (primary N) is 1. The number of H-pyrrole nitrogens is 1. The molecule has 0 saturated heterocycles. The van der Waals surface area contributed by atoms with E-state index in [4.69, 9.17) is 5.73 Å². The highest BCUT2D eigenvalue weighted by Gasteiger charge is 2.03. The molecular formula is C7H8N4. The van der Waals surface area contributed by atoms with Crippen LogP contribution in [0.2, 0.25) is 0 Å². The molecule has 0 aromatic carbocycles. The summed E-state index contributed by atoms with van der Waals surface area (Å²) in [7, 11) is 0. The molecule has 0 aliphatic rings. The zero-order chi connectivity index (χ0) is 7.84. The quantitative estimate of drug-likeness (QED) is 0.582. The van der Waals surface area contributed by atoms with Crippen LogP contribution < -0.4 is 5.73 Å². The Morgan fingerprint density at radius 2 is 2.36 bits per heavy atom. The SMILES string of the molecule is Cc1ccnc2c(N)n[nH]c12. The van der Waals surface area contributed by atoms with E-state index in [-0.39, 0.29) is 0 Å². The molecule has 4 nitrogen and oxygen atoms in total. The van der Waals surface area contributed by atoms with Crippen LogP contribution in [0.25, 0.3) is 11.0 Å². The fraction of sp³-hybridized carbons (Fsp3) is 0.143. The van der Waals surface area contributed by atoms with Crippen LogP contribution in [0.3, 0.4) is 0 Å². The van der Waals surface area contributed by atoms with Crippen LogP contribution in [0.5, 0.6) is 0 Å². The molecule has 0 saturated carbocycles. The van der Waals surface area contributed by atoms with Crippen molar-refractivity contribution in [3.8, 4) is 0 Å². The fourth-order valence-corrected chi connectivity index (χ4v) is 1.06. The van der Waals surface area contributed by atoms with Gasteiger partial charge in [0.15, 0.2) is 5.82 Å². The summed E-state index contributed by atoms with van der Waals surface area (Å²) in [6.45, 7) is 1.99. The first kappa shape index (κ1) is 6.15. The average Bonchev–Trinajstić information content (AvgIpc) is 2.35. The van der Waals surface area contributed by atoms with Crippen molar-refractivity contribution in [1.29, 1.82) is 0 Å². The molecule has 11 heavy (non-hydrogen) atoms. The molecule has 0 bridgehead atoms. The van der Waals surface area contributed by atoms with Crippen molar-refractivity contribution < 1.29 is 0 Å². The summed E-state index contributed by atoms with van der Waals surface area (Å²) in [4.78, 5) is 4.08. The molecule has 0 spiro atoms. The van der Waals surface area contributed by atoms with E-state index in [2.05, 4.69) is 15.2 Å². The Hall–Kier alpha value is -1.58. The highest BCUT2D eigenvalue weighted by atomic mass is 15.2. The summed E-state index contributed by atoms with van der Waals surface area (Å²) in [5, 5.41) is 6.67. The monoisotopic (exact) mass is 148 g/mol. The van der Waals surface area contributed by atoms with Gasteiger partial charge in [0.25, 0.3) is 0 Å². The molecule has 2 aromatic heterocycles. The van der Waals surface area contributed by atoms with Gasteiger partial charge in [-0.05, 0) is 18.6 Å². The molecule has 0 fully saturated rings. The van der Waals surface area contributed by atoms with Crippen molar-refractivity contribution >= 4 is 16.9 Å². The molecule has 2 aromatic rings. The van der Waals surface area contributed by atoms with E-state index in [1.54, 1.807) is 6.20 Å². The van der Waals surface area contributed by atoms with Crippen molar-refractivity contribution in [2.45, 2.75) is 6.92 Å². The largest absolute Gasteiger partial charge is 0.380 e. The molecule has 2 heterocycles. The van der Waals surface area contributed by atoms with Crippen molar-refractivity contribution in [1.82, 2.24) is 15.2 Å². The summed E-state index contributed by atoms with van der Waals surface area (Å²) in [5.41, 5.74) is 8.33. The number of aromatic nitrogens is 3. The lowest BCUT2D eigenvalue weighted by molar-refractivity contribution is 1.12. The minimum Gasteiger partial charge on any atom is -0.380 e. The van der Waals surface area contributed by atoms with E-state index < -0.39 is 0 Å². The van der Waals surface area contributed by atoms with Gasteiger partial charge in [0, 0.05) is 6.20 Å². The summed E-state index contributed by atoms with van der Waals surface area (Å²) >= 11 is 0. The number of hydrogen-bond acceptors (Lipinski definition) is 3. The van der Waals surface area contributed by atoms with Gasteiger partial charge in [-0.1, -0.05) is 0 Å². The second kappa shape index (κ2) is 1.95. The van der Waals surface area contributed by atoms with Crippen molar-refractivity contribution in [2.75, 3.05) is 5.73 Å². The molecule has 0 atom stereocenters. The Balaban J connectivity index is 2.94. The Morgan fingerprint density at radius 3 is 3.09 bits per heavy atom. The maximum atomic E-state index is 5.54. The van der Waals surface area contributed by atoms with Crippen molar-refractivity contribution in [2.24, 2.45) is 0 Å². The van der Waals surface area contributed by atoms with Crippen LogP contribution in [0.4, 0.5) is 5.82 Å². The molecular weight excluding hydrogens is 140 g/mol. The van der Waals surface area contributed by atoms with Crippen LogP contribution in [0, 0.1) is 6.92 Å². The lowest BCUT2D eigenvalue weighted by Crippen LogP contribution is -1.85. The molecule has 0 aliphatic heterocycles. The first-order valence-electron chi connectivity index (χ1n) is 3.34. The van der Waals surface area contributed by atoms with Crippen molar-refractivity contribution in [3.63, 3.8) is 0 Å². The normalized spacial score (nSPS) is 10.6. The Labute approximate surface area is 63.4 Å². The third-order valence-corrected chi connectivity index (χ3v) is 1.69. The second-order valence-electron chi connectivity index (χ2n) is 2.46. The van der Waals surface area contributed by atoms with Gasteiger partial charge >= 0.3 is 0 Å². The van der Waals surface area contributed by atoms with E-state index in [0.717, 1.165) is 16.6 Å². The molecule has 0 amide bonds. The first-order chi connectivity index (χ1) is 5.29. The minimum absolute atomic E-state index is 0.462. The van der Waals surface area contributed by atoms with E-state index in [0.29, 0.717) is 5.82 Å². The number of anilines is 1. The minimum atomic E-state index is 0.462. The number of fused-ring (bicyclic) bond motifs is 1. The van der Waals surface area contributed by atoms with Gasteiger partial charge in [-0.2, -0.15) is 5.10 Å². The van der Waals surface area contributed by atoms with Crippen molar-refractivity contribution in [3.05, 3.63) is 17.8 Å². The third kappa shape index (κ3) is 0.756. The van der Waals surface area contributed by atoms with Crippen LogP contribution in [-0.4, -0.2) is 15.2 Å². The van der Waals surface area contributed by atoms with Crippen LogP contribution in [-0.2, 0) is 0 Å². The lowest BCUT2D eigenvalue weighted by atomic mass is 10.2. The smallest absolute Gasteiger partial charge is 0.171 e. The fourth-order valence-electron chi connectivity index (χ4n) is 1.06. The van der Waals surface area contributed by atoms with E-state index in [9.17, 15) is 0 Å². The number of pyridine rings is 1. The number of aryl methyl sites for hydroxylation is 1. The van der Waals surface area contributed by atoms with Gasteiger partial charge in [-0.15, -0.1) is 0 Å². The zero-order valence-electron chi connectivity index (χ0n) is 6.13. The Bertz CT molecular complexity index is 390. The summed E-state index contributed by atoms with van der Waals surface area (Å²) in [6, 6.07) is 1.92. The molecule has 3 N–H and O–H groups in total. The first-order valence-corrected chi connectivity index (χ1v) is 3.34. The van der Waals surface area contributed by atoms with Gasteiger partial charge in [0.1, 0.15) is 5.52 Å². The zero-order valence-corrected chi connectivity index (χ0v) is 6.13. The summed E-state index contributed by atoms with van der Waals surface area (Å²) in [6.07, 6.45) is 1.73. The number of hydrogen-bond donors (Lipinski definition) is 2. The summed E-state index contributed by atoms with van der Waals surface area (Å²) < 4.78 is 0. The average molecular weight is 148 g/mol. The van der Waals surface area contributed by atoms with Gasteiger partial charge in [0.05, 0.1) is 5.52 Å². The van der Waals surface area contributed by atoms with Gasteiger partial charge < -0.3 is 5.73 Å². The Kier molecular flexibility index (Phi) is 1.09. The predicted octanol–water partition coefficient (Wildman–Crippen LogP) is 0.849. The van der Waals surface area contributed by atoms with Crippen LogP contribution in [0.1, 0.15) is 5.56 Å². The van der Waals surface area contributed by atoms with E-state index in [1.807, 2.05) is 13.0 Å². The number of aromatic amines is 1. The third-order valence-electron chi connectivity index (χ3n) is 1.69. The Morgan fingerprint density at radius 1 is 1.55 bits per heavy atom. The standard InChI is InChI=1S/C7H8N4/c1-4-2-3-9-6-5(4)10-11-7(6)8/h2-3H,1H3,(H3,8,10,11). The number of nitrogen functional groups attached to an aromatic ring is 1. The molecule has 56 valence electrons. The highest BCUT2D eigenvalue weighted by Crippen LogP contribution is 2.16. The maximum Gasteiger partial charge on any atom is 0.171 e. The molecule has 0 unspecified atom stereocenters. The predicted molar refractivity (Wildman–Crippen MR) is 43.0 cm³/mol. The van der Waals surface area contributed by atoms with Crippen LogP contribution >= 0.6 is 0 Å². The number of nitrogens with one attached hydrogen (secondary N) is 1. The van der Waals surface area contributed by atoms with Gasteiger partial charge in [-0.3, -0.25) is 10.1 Å². The molecule has 0 aliphatic carbocycles. The number of rotatable bonds is 0.